The third-order valence-corrected chi connectivity index (χ3v) is 3.20. The lowest BCUT2D eigenvalue weighted by atomic mass is 10.3. The zero-order chi connectivity index (χ0) is 12.0. The highest BCUT2D eigenvalue weighted by Gasteiger charge is 2.08. The van der Waals surface area contributed by atoms with Gasteiger partial charge in [-0.2, -0.15) is 0 Å². The van der Waals surface area contributed by atoms with Crippen molar-refractivity contribution in [2.24, 2.45) is 0 Å². The van der Waals surface area contributed by atoms with Crippen molar-refractivity contribution < 1.29 is 9.90 Å². The van der Waals surface area contributed by atoms with Gasteiger partial charge in [0.05, 0.1) is 0 Å². The van der Waals surface area contributed by atoms with Crippen LogP contribution in [0.4, 0.5) is 0 Å². The molecule has 1 unspecified atom stereocenters. The van der Waals surface area contributed by atoms with Crippen molar-refractivity contribution >= 4 is 17.2 Å². The molecule has 0 aliphatic heterocycles. The summed E-state index contributed by atoms with van der Waals surface area (Å²) in [5.41, 5.74) is 0. The Morgan fingerprint density at radius 3 is 2.94 bits per heavy atom. The van der Waals surface area contributed by atoms with Crippen molar-refractivity contribution in [1.29, 1.82) is 0 Å². The van der Waals surface area contributed by atoms with Gasteiger partial charge in [-0.3, -0.25) is 4.79 Å². The van der Waals surface area contributed by atoms with E-state index in [0.717, 1.165) is 4.88 Å². The molecule has 5 heteroatoms. The highest BCUT2D eigenvalue weighted by molar-refractivity contribution is 7.10. The maximum Gasteiger partial charge on any atom is 0.223 e. The van der Waals surface area contributed by atoms with Crippen LogP contribution in [0.5, 0.6) is 0 Å². The van der Waals surface area contributed by atoms with Gasteiger partial charge < -0.3 is 15.3 Å². The first-order valence-corrected chi connectivity index (χ1v) is 6.11. The van der Waals surface area contributed by atoms with Crippen molar-refractivity contribution in [3.05, 3.63) is 22.4 Å². The van der Waals surface area contributed by atoms with Crippen LogP contribution in [0.25, 0.3) is 0 Å². The van der Waals surface area contributed by atoms with E-state index in [1.54, 1.807) is 19.0 Å². The number of hydrogen-bond donors (Lipinski definition) is 2. The zero-order valence-electron chi connectivity index (χ0n) is 9.64. The fraction of sp³-hybridized carbons (Fsp3) is 0.545. The van der Waals surface area contributed by atoms with Gasteiger partial charge in [0.15, 0.2) is 0 Å². The Bertz CT molecular complexity index is 312. The first-order chi connectivity index (χ1) is 7.61. The molecule has 4 nitrogen and oxygen atoms in total. The molecule has 1 aromatic heterocycles. The van der Waals surface area contributed by atoms with Crippen molar-refractivity contribution in [2.45, 2.75) is 12.5 Å². The van der Waals surface area contributed by atoms with Gasteiger partial charge in [-0.15, -0.1) is 11.3 Å². The molecule has 0 saturated carbocycles. The molecular weight excluding hydrogens is 224 g/mol. The second-order valence-corrected chi connectivity index (χ2v) is 4.75. The highest BCUT2D eigenvalue weighted by Crippen LogP contribution is 2.17. The zero-order valence-corrected chi connectivity index (χ0v) is 10.5. The fourth-order valence-corrected chi connectivity index (χ4v) is 1.95. The summed E-state index contributed by atoms with van der Waals surface area (Å²) in [5, 5.41) is 14.7. The molecule has 0 saturated heterocycles. The molecule has 1 rings (SSSR count). The molecule has 2 N–H and O–H groups in total. The number of hydrogen-bond acceptors (Lipinski definition) is 4. The molecule has 1 amide bonds. The van der Waals surface area contributed by atoms with E-state index >= 15 is 0 Å². The lowest BCUT2D eigenvalue weighted by Gasteiger charge is -2.12. The molecule has 0 spiro atoms. The quantitative estimate of drug-likeness (QED) is 0.727. The number of rotatable bonds is 6. The van der Waals surface area contributed by atoms with E-state index in [1.165, 1.54) is 11.3 Å². The molecular formula is C11H18N2O2S. The van der Waals surface area contributed by atoms with Crippen molar-refractivity contribution in [3.8, 4) is 0 Å². The van der Waals surface area contributed by atoms with E-state index in [-0.39, 0.29) is 5.91 Å². The van der Waals surface area contributed by atoms with Gasteiger partial charge in [-0.1, -0.05) is 6.07 Å². The Morgan fingerprint density at radius 2 is 2.38 bits per heavy atom. The van der Waals surface area contributed by atoms with Crippen LogP contribution in [0.3, 0.4) is 0 Å². The summed E-state index contributed by atoms with van der Waals surface area (Å²) in [5.74, 6) is 0.0955. The molecule has 0 aromatic carbocycles. The second kappa shape index (κ2) is 6.62. The standard InChI is InChI=1S/C11H18N2O2S/c1-13(2)11(15)5-6-12-8-9(14)10-4-3-7-16-10/h3-4,7,9,12,14H,5-6,8H2,1-2H3. The molecule has 90 valence electrons. The smallest absolute Gasteiger partial charge is 0.223 e. The highest BCUT2D eigenvalue weighted by atomic mass is 32.1. The van der Waals surface area contributed by atoms with E-state index in [0.29, 0.717) is 19.5 Å². The van der Waals surface area contributed by atoms with Crippen molar-refractivity contribution in [2.75, 3.05) is 27.2 Å². The number of nitrogens with one attached hydrogen (secondary N) is 1. The SMILES string of the molecule is CN(C)C(=O)CCNCC(O)c1cccs1. The van der Waals surface area contributed by atoms with E-state index in [9.17, 15) is 9.90 Å². The minimum atomic E-state index is -0.477. The van der Waals surface area contributed by atoms with Crippen LogP contribution in [-0.2, 0) is 4.79 Å². The summed E-state index contributed by atoms with van der Waals surface area (Å²) >= 11 is 1.54. The lowest BCUT2D eigenvalue weighted by Crippen LogP contribution is -2.28. The Hall–Kier alpha value is -0.910. The monoisotopic (exact) mass is 242 g/mol. The number of carbonyl (C=O) groups excluding carboxylic acids is 1. The van der Waals surface area contributed by atoms with Crippen molar-refractivity contribution in [1.82, 2.24) is 10.2 Å². The maximum atomic E-state index is 11.2. The molecule has 1 atom stereocenters. The van der Waals surface area contributed by atoms with Gasteiger partial charge >= 0.3 is 0 Å². The normalized spacial score (nSPS) is 12.4. The van der Waals surface area contributed by atoms with Gasteiger partial charge in [-0.25, -0.2) is 0 Å². The lowest BCUT2D eigenvalue weighted by molar-refractivity contribution is -0.128. The summed E-state index contributed by atoms with van der Waals surface area (Å²) < 4.78 is 0. The van der Waals surface area contributed by atoms with Crippen molar-refractivity contribution in [3.63, 3.8) is 0 Å². The van der Waals surface area contributed by atoms with Gasteiger partial charge in [0.1, 0.15) is 6.10 Å². The molecule has 1 heterocycles. The maximum absolute atomic E-state index is 11.2. The van der Waals surface area contributed by atoms with Crippen LogP contribution < -0.4 is 5.32 Å². The molecule has 16 heavy (non-hydrogen) atoms. The van der Waals surface area contributed by atoms with Gasteiger partial charge in [0.25, 0.3) is 0 Å². The number of aliphatic hydroxyl groups is 1. The predicted octanol–water partition coefficient (Wildman–Crippen LogP) is 0.849. The third-order valence-electron chi connectivity index (χ3n) is 2.22. The Labute approximate surface area is 99.9 Å². The number of amides is 1. The van der Waals surface area contributed by atoms with Crippen LogP contribution in [0, 0.1) is 0 Å². The predicted molar refractivity (Wildman–Crippen MR) is 65.5 cm³/mol. The summed E-state index contributed by atoms with van der Waals surface area (Å²) in [7, 11) is 3.48. The number of carbonyl (C=O) groups is 1. The first kappa shape index (κ1) is 13.2. The molecule has 0 bridgehead atoms. The van der Waals surface area contributed by atoms with Gasteiger partial charge in [0, 0.05) is 38.5 Å². The number of aliphatic hydroxyl groups excluding tert-OH is 1. The van der Waals surface area contributed by atoms with Gasteiger partial charge in [0.2, 0.25) is 5.91 Å². The average molecular weight is 242 g/mol. The van der Waals surface area contributed by atoms with Crippen LogP contribution >= 0.6 is 11.3 Å². The molecule has 1 aromatic rings. The summed E-state index contributed by atoms with van der Waals surface area (Å²) in [6, 6.07) is 3.82. The Morgan fingerprint density at radius 1 is 1.62 bits per heavy atom. The largest absolute Gasteiger partial charge is 0.386 e. The Kier molecular flexibility index (Phi) is 5.45. The van der Waals surface area contributed by atoms with Crippen LogP contribution in [0.2, 0.25) is 0 Å². The van der Waals surface area contributed by atoms with Crippen LogP contribution in [0.1, 0.15) is 17.4 Å². The average Bonchev–Trinajstić information content (AvgIpc) is 2.76. The second-order valence-electron chi connectivity index (χ2n) is 3.77. The Balaban J connectivity index is 2.14. The molecule has 0 aliphatic rings. The van der Waals surface area contributed by atoms with Crippen LogP contribution in [-0.4, -0.2) is 43.1 Å². The number of thiophene rings is 1. The fourth-order valence-electron chi connectivity index (χ4n) is 1.24. The third kappa shape index (κ3) is 4.30. The number of nitrogens with zero attached hydrogens (tertiary/aromatic N) is 1. The van der Waals surface area contributed by atoms with E-state index < -0.39 is 6.10 Å². The molecule has 0 fully saturated rings. The minimum absolute atomic E-state index is 0.0955. The van der Waals surface area contributed by atoms with E-state index in [2.05, 4.69) is 5.32 Å². The summed E-state index contributed by atoms with van der Waals surface area (Å²) in [6.45, 7) is 1.08. The van der Waals surface area contributed by atoms with E-state index in [1.807, 2.05) is 17.5 Å². The van der Waals surface area contributed by atoms with E-state index in [4.69, 9.17) is 0 Å². The minimum Gasteiger partial charge on any atom is -0.386 e. The molecule has 0 aliphatic carbocycles. The first-order valence-electron chi connectivity index (χ1n) is 5.23. The summed E-state index contributed by atoms with van der Waals surface area (Å²) in [4.78, 5) is 13.8. The topological polar surface area (TPSA) is 52.6 Å². The van der Waals surface area contributed by atoms with Gasteiger partial charge in [-0.05, 0) is 11.4 Å². The van der Waals surface area contributed by atoms with Crippen LogP contribution in [0.15, 0.2) is 17.5 Å². The summed E-state index contributed by atoms with van der Waals surface area (Å²) in [6.07, 6.45) is -0.0149. The molecule has 0 radical (unpaired) electrons.